The molecule has 0 bridgehead atoms. The number of methoxy groups -OCH3 is 1. The van der Waals surface area contributed by atoms with Gasteiger partial charge in [-0.15, -0.1) is 21.5 Å². The number of nitrogens with one attached hydrogen (secondary N) is 2. The number of amides is 3. The molecule has 168 valence electrons. The molecule has 0 aliphatic carbocycles. The number of hydrogen-bond acceptors (Lipinski definition) is 7. The Morgan fingerprint density at radius 2 is 1.79 bits per heavy atom. The highest BCUT2D eigenvalue weighted by Crippen LogP contribution is 2.35. The van der Waals surface area contributed by atoms with Crippen LogP contribution in [0.2, 0.25) is 0 Å². The van der Waals surface area contributed by atoms with Crippen LogP contribution in [0, 0.1) is 0 Å². The minimum atomic E-state index is -0.611. The number of thioether (sulfide) groups is 1. The molecule has 2 heterocycles. The van der Waals surface area contributed by atoms with Crippen molar-refractivity contribution in [3.8, 4) is 22.1 Å². The van der Waals surface area contributed by atoms with Crippen molar-refractivity contribution in [2.45, 2.75) is 17.3 Å². The van der Waals surface area contributed by atoms with Gasteiger partial charge in [-0.25, -0.2) is 4.79 Å². The number of urea groups is 1. The molecular formula is C23H21N5O3S2. The Hall–Kier alpha value is -3.63. The van der Waals surface area contributed by atoms with Crippen molar-refractivity contribution in [1.29, 1.82) is 0 Å². The molecule has 0 saturated heterocycles. The lowest BCUT2D eigenvalue weighted by molar-refractivity contribution is -0.119. The summed E-state index contributed by atoms with van der Waals surface area (Å²) in [6.45, 7) is 1.71. The quantitative estimate of drug-likeness (QED) is 0.368. The van der Waals surface area contributed by atoms with E-state index in [1.807, 2.05) is 52.4 Å². The molecule has 4 rings (SSSR count). The van der Waals surface area contributed by atoms with Crippen LogP contribution >= 0.6 is 23.1 Å². The summed E-state index contributed by atoms with van der Waals surface area (Å²) in [4.78, 5) is 25.8. The number of hydrogen-bond donors (Lipinski definition) is 2. The van der Waals surface area contributed by atoms with E-state index in [0.29, 0.717) is 22.4 Å². The van der Waals surface area contributed by atoms with Crippen LogP contribution in [0.15, 0.2) is 77.3 Å². The van der Waals surface area contributed by atoms with Crippen LogP contribution in [0.25, 0.3) is 16.4 Å². The van der Waals surface area contributed by atoms with Gasteiger partial charge in [0.1, 0.15) is 5.75 Å². The van der Waals surface area contributed by atoms with E-state index < -0.39 is 17.2 Å². The second kappa shape index (κ2) is 10.3. The number of imide groups is 1. The van der Waals surface area contributed by atoms with Crippen LogP contribution in [-0.2, 0) is 4.79 Å². The van der Waals surface area contributed by atoms with Crippen molar-refractivity contribution in [2.75, 3.05) is 12.4 Å². The van der Waals surface area contributed by atoms with E-state index in [2.05, 4.69) is 20.8 Å². The molecule has 1 atom stereocenters. The van der Waals surface area contributed by atoms with Crippen molar-refractivity contribution in [2.24, 2.45) is 0 Å². The first-order chi connectivity index (χ1) is 16.1. The fourth-order valence-electron chi connectivity index (χ4n) is 3.05. The molecule has 8 nitrogen and oxygen atoms in total. The minimum absolute atomic E-state index is 0.444. The summed E-state index contributed by atoms with van der Waals surface area (Å²) >= 11 is 2.75. The molecule has 0 fully saturated rings. The van der Waals surface area contributed by atoms with Crippen molar-refractivity contribution < 1.29 is 14.3 Å². The molecule has 4 aromatic rings. The molecule has 10 heteroatoms. The summed E-state index contributed by atoms with van der Waals surface area (Å²) < 4.78 is 7.41. The topological polar surface area (TPSA) is 98.1 Å². The Morgan fingerprint density at radius 3 is 2.52 bits per heavy atom. The average Bonchev–Trinajstić information content (AvgIpc) is 3.49. The highest BCUT2D eigenvalue weighted by molar-refractivity contribution is 8.00. The van der Waals surface area contributed by atoms with Crippen LogP contribution in [0.4, 0.5) is 10.5 Å². The molecule has 3 amide bonds. The maximum absolute atomic E-state index is 12.7. The van der Waals surface area contributed by atoms with Gasteiger partial charge in [-0.2, -0.15) is 0 Å². The summed E-state index contributed by atoms with van der Waals surface area (Å²) in [5.74, 6) is 0.850. The smallest absolute Gasteiger partial charge is 0.325 e. The number of anilines is 1. The molecule has 0 radical (unpaired) electrons. The SMILES string of the molecule is COc1ccccc1-n1c(SC(C)C(=O)NC(=O)Nc2ccccc2)nnc1-c1cccs1. The first-order valence-corrected chi connectivity index (χ1v) is 11.8. The van der Waals surface area contributed by atoms with Gasteiger partial charge in [0.05, 0.1) is 22.9 Å². The van der Waals surface area contributed by atoms with Crippen LogP contribution in [0.1, 0.15) is 6.92 Å². The van der Waals surface area contributed by atoms with Gasteiger partial charge < -0.3 is 10.1 Å². The fourth-order valence-corrected chi connectivity index (χ4v) is 4.61. The summed E-state index contributed by atoms with van der Waals surface area (Å²) in [6, 6.07) is 19.8. The van der Waals surface area contributed by atoms with Crippen LogP contribution in [0.5, 0.6) is 5.75 Å². The van der Waals surface area contributed by atoms with Crippen molar-refractivity contribution in [3.05, 3.63) is 72.1 Å². The van der Waals surface area contributed by atoms with Gasteiger partial charge in [0.2, 0.25) is 5.91 Å². The average molecular weight is 480 g/mol. The monoisotopic (exact) mass is 479 g/mol. The van der Waals surface area contributed by atoms with Crippen molar-refractivity contribution >= 4 is 40.7 Å². The summed E-state index contributed by atoms with van der Waals surface area (Å²) in [5, 5.41) is 15.6. The largest absolute Gasteiger partial charge is 0.495 e. The van der Waals surface area contributed by atoms with E-state index in [0.717, 1.165) is 10.6 Å². The van der Waals surface area contributed by atoms with Gasteiger partial charge in [-0.05, 0) is 42.6 Å². The van der Waals surface area contributed by atoms with E-state index in [-0.39, 0.29) is 0 Å². The Morgan fingerprint density at radius 1 is 1.03 bits per heavy atom. The zero-order valence-electron chi connectivity index (χ0n) is 17.9. The molecule has 2 N–H and O–H groups in total. The standard InChI is InChI=1S/C23H21N5O3S2/c1-15(21(29)25-22(30)24-16-9-4-3-5-10-16)33-23-27-26-20(19-13-8-14-32-19)28(23)17-11-6-7-12-18(17)31-2/h3-15H,1-2H3,(H2,24,25,29,30). The Balaban J connectivity index is 1.56. The Bertz CT molecular complexity index is 1240. The second-order valence-corrected chi connectivity index (χ2v) is 9.12. The Labute approximate surface area is 199 Å². The van der Waals surface area contributed by atoms with Crippen LogP contribution in [-0.4, -0.2) is 39.1 Å². The van der Waals surface area contributed by atoms with Gasteiger partial charge in [-0.1, -0.05) is 48.2 Å². The highest BCUT2D eigenvalue weighted by atomic mass is 32.2. The first kappa shape index (κ1) is 22.6. The van der Waals surface area contributed by atoms with E-state index in [4.69, 9.17) is 4.74 Å². The lowest BCUT2D eigenvalue weighted by atomic mass is 10.3. The summed E-state index contributed by atoms with van der Waals surface area (Å²) in [7, 11) is 1.60. The lowest BCUT2D eigenvalue weighted by Gasteiger charge is -2.15. The second-order valence-electron chi connectivity index (χ2n) is 6.86. The molecule has 0 aliphatic heterocycles. The van der Waals surface area contributed by atoms with Gasteiger partial charge in [-0.3, -0.25) is 14.7 Å². The lowest BCUT2D eigenvalue weighted by Crippen LogP contribution is -2.38. The normalized spacial score (nSPS) is 11.6. The number of aromatic nitrogens is 3. The third kappa shape index (κ3) is 5.24. The number of carbonyl (C=O) groups is 2. The molecule has 2 aromatic carbocycles. The predicted octanol–water partition coefficient (Wildman–Crippen LogP) is 4.83. The number of para-hydroxylation sites is 3. The number of thiophene rings is 1. The molecule has 0 aliphatic rings. The molecule has 33 heavy (non-hydrogen) atoms. The summed E-state index contributed by atoms with van der Waals surface area (Å²) in [6.07, 6.45) is 0. The fraction of sp³-hybridized carbons (Fsp3) is 0.130. The molecular weight excluding hydrogens is 458 g/mol. The maximum atomic E-state index is 12.7. The van der Waals surface area contributed by atoms with Gasteiger partial charge in [0.15, 0.2) is 11.0 Å². The molecule has 0 saturated carbocycles. The van der Waals surface area contributed by atoms with Gasteiger partial charge in [0, 0.05) is 5.69 Å². The van der Waals surface area contributed by atoms with Crippen molar-refractivity contribution in [1.82, 2.24) is 20.1 Å². The molecule has 2 aromatic heterocycles. The van der Waals surface area contributed by atoms with E-state index in [1.165, 1.54) is 11.8 Å². The van der Waals surface area contributed by atoms with Gasteiger partial charge in [0.25, 0.3) is 0 Å². The van der Waals surface area contributed by atoms with E-state index >= 15 is 0 Å². The highest BCUT2D eigenvalue weighted by Gasteiger charge is 2.24. The third-order valence-electron chi connectivity index (χ3n) is 4.62. The van der Waals surface area contributed by atoms with E-state index in [1.54, 1.807) is 49.6 Å². The molecule has 1 unspecified atom stereocenters. The predicted molar refractivity (Wildman–Crippen MR) is 130 cm³/mol. The first-order valence-electron chi connectivity index (χ1n) is 10.0. The minimum Gasteiger partial charge on any atom is -0.495 e. The Kier molecular flexibility index (Phi) is 7.06. The number of benzene rings is 2. The van der Waals surface area contributed by atoms with Crippen molar-refractivity contribution in [3.63, 3.8) is 0 Å². The summed E-state index contributed by atoms with van der Waals surface area (Å²) in [5.41, 5.74) is 1.35. The maximum Gasteiger partial charge on any atom is 0.325 e. The van der Waals surface area contributed by atoms with E-state index in [9.17, 15) is 9.59 Å². The van der Waals surface area contributed by atoms with Gasteiger partial charge >= 0.3 is 6.03 Å². The zero-order chi connectivity index (χ0) is 23.2. The zero-order valence-corrected chi connectivity index (χ0v) is 19.5. The van der Waals surface area contributed by atoms with Crippen LogP contribution < -0.4 is 15.4 Å². The number of nitrogens with zero attached hydrogens (tertiary/aromatic N) is 3. The number of ether oxygens (including phenoxy) is 1. The molecule has 0 spiro atoms. The third-order valence-corrected chi connectivity index (χ3v) is 6.53. The van der Waals surface area contributed by atoms with Crippen LogP contribution in [0.3, 0.4) is 0 Å². The number of rotatable bonds is 7. The number of carbonyl (C=O) groups excluding carboxylic acids is 2.